The predicted molar refractivity (Wildman–Crippen MR) is 101 cm³/mol. The zero-order valence-electron chi connectivity index (χ0n) is 14.3. The minimum absolute atomic E-state index is 0.260. The fourth-order valence-corrected chi connectivity index (χ4v) is 2.95. The van der Waals surface area contributed by atoms with Crippen LogP contribution in [-0.2, 0) is 0 Å². The van der Waals surface area contributed by atoms with Gasteiger partial charge in [0.1, 0.15) is 11.6 Å². The van der Waals surface area contributed by atoms with Crippen molar-refractivity contribution in [1.82, 2.24) is 9.78 Å². The summed E-state index contributed by atoms with van der Waals surface area (Å²) in [6, 6.07) is 24.5. The summed E-state index contributed by atoms with van der Waals surface area (Å²) in [6.45, 7) is 0. The number of rotatable bonds is 4. The predicted octanol–water partition coefficient (Wildman–Crippen LogP) is 5.35. The van der Waals surface area contributed by atoms with E-state index in [1.54, 1.807) is 25.4 Å². The third-order valence-corrected chi connectivity index (χ3v) is 4.30. The Kier molecular flexibility index (Phi) is 4.23. The molecule has 4 rings (SSSR count). The largest absolute Gasteiger partial charge is 0.497 e. The molecule has 1 heterocycles. The summed E-state index contributed by atoms with van der Waals surface area (Å²) in [7, 11) is 1.66. The standard InChI is InChI=1S/C22H17FN2O/c1-26-21-11-5-16(6-12-21)17-3-2-4-18(15-17)22-13-14-24-25(22)20-9-7-19(23)8-10-20/h2-15H,1H3. The lowest BCUT2D eigenvalue weighted by Crippen LogP contribution is -1.99. The summed E-state index contributed by atoms with van der Waals surface area (Å²) in [4.78, 5) is 0. The Hall–Kier alpha value is -3.40. The highest BCUT2D eigenvalue weighted by Gasteiger charge is 2.09. The molecule has 26 heavy (non-hydrogen) atoms. The van der Waals surface area contributed by atoms with E-state index in [1.807, 2.05) is 47.1 Å². The normalized spacial score (nSPS) is 10.7. The molecule has 128 valence electrons. The molecule has 0 N–H and O–H groups in total. The lowest BCUT2D eigenvalue weighted by molar-refractivity contribution is 0.415. The van der Waals surface area contributed by atoms with Gasteiger partial charge in [0, 0.05) is 5.56 Å². The van der Waals surface area contributed by atoms with Crippen LogP contribution in [0.1, 0.15) is 0 Å². The second-order valence-electron chi connectivity index (χ2n) is 5.91. The maximum absolute atomic E-state index is 13.2. The highest BCUT2D eigenvalue weighted by molar-refractivity contribution is 5.72. The van der Waals surface area contributed by atoms with Crippen molar-refractivity contribution in [3.63, 3.8) is 0 Å². The number of hydrogen-bond acceptors (Lipinski definition) is 2. The van der Waals surface area contributed by atoms with Crippen molar-refractivity contribution in [3.8, 4) is 33.8 Å². The summed E-state index contributed by atoms with van der Waals surface area (Å²) < 4.78 is 20.2. The summed E-state index contributed by atoms with van der Waals surface area (Å²) in [6.07, 6.45) is 1.75. The van der Waals surface area contributed by atoms with Crippen molar-refractivity contribution in [2.24, 2.45) is 0 Å². The highest BCUT2D eigenvalue weighted by Crippen LogP contribution is 2.28. The monoisotopic (exact) mass is 344 g/mol. The first-order chi connectivity index (χ1) is 12.7. The number of aromatic nitrogens is 2. The Morgan fingerprint density at radius 2 is 1.54 bits per heavy atom. The molecular weight excluding hydrogens is 327 g/mol. The van der Waals surface area contributed by atoms with Gasteiger partial charge >= 0.3 is 0 Å². The molecule has 0 radical (unpaired) electrons. The molecule has 0 unspecified atom stereocenters. The smallest absolute Gasteiger partial charge is 0.123 e. The van der Waals surface area contributed by atoms with Crippen molar-refractivity contribution >= 4 is 0 Å². The van der Waals surface area contributed by atoms with E-state index in [4.69, 9.17) is 4.74 Å². The Morgan fingerprint density at radius 3 is 2.27 bits per heavy atom. The van der Waals surface area contributed by atoms with Gasteiger partial charge in [-0.1, -0.05) is 30.3 Å². The maximum Gasteiger partial charge on any atom is 0.123 e. The van der Waals surface area contributed by atoms with E-state index in [2.05, 4.69) is 17.2 Å². The Bertz CT molecular complexity index is 1020. The second-order valence-corrected chi connectivity index (χ2v) is 5.91. The minimum atomic E-state index is -0.260. The molecular formula is C22H17FN2O. The molecule has 4 aromatic rings. The summed E-state index contributed by atoms with van der Waals surface area (Å²) in [5.74, 6) is 0.572. The minimum Gasteiger partial charge on any atom is -0.497 e. The molecule has 4 heteroatoms. The van der Waals surface area contributed by atoms with Crippen LogP contribution in [0.5, 0.6) is 5.75 Å². The van der Waals surface area contributed by atoms with Crippen molar-refractivity contribution in [1.29, 1.82) is 0 Å². The van der Waals surface area contributed by atoms with E-state index in [0.29, 0.717) is 0 Å². The molecule has 0 aliphatic rings. The topological polar surface area (TPSA) is 27.1 Å². The van der Waals surface area contributed by atoms with Crippen LogP contribution >= 0.6 is 0 Å². The highest BCUT2D eigenvalue weighted by atomic mass is 19.1. The summed E-state index contributed by atoms with van der Waals surface area (Å²) in [5, 5.41) is 4.40. The van der Waals surface area contributed by atoms with E-state index in [0.717, 1.165) is 33.8 Å². The van der Waals surface area contributed by atoms with Gasteiger partial charge in [-0.05, 0) is 59.7 Å². The Morgan fingerprint density at radius 1 is 0.808 bits per heavy atom. The maximum atomic E-state index is 13.2. The number of hydrogen-bond donors (Lipinski definition) is 0. The van der Waals surface area contributed by atoms with E-state index in [-0.39, 0.29) is 5.82 Å². The van der Waals surface area contributed by atoms with Crippen molar-refractivity contribution in [2.45, 2.75) is 0 Å². The van der Waals surface area contributed by atoms with Gasteiger partial charge in [-0.3, -0.25) is 0 Å². The van der Waals surface area contributed by atoms with E-state index in [9.17, 15) is 4.39 Å². The number of ether oxygens (including phenoxy) is 1. The fraction of sp³-hybridized carbons (Fsp3) is 0.0455. The van der Waals surface area contributed by atoms with Crippen LogP contribution in [0.4, 0.5) is 4.39 Å². The third-order valence-electron chi connectivity index (χ3n) is 4.30. The van der Waals surface area contributed by atoms with E-state index in [1.165, 1.54) is 12.1 Å². The van der Waals surface area contributed by atoms with E-state index >= 15 is 0 Å². The number of methoxy groups -OCH3 is 1. The van der Waals surface area contributed by atoms with Crippen LogP contribution in [0.25, 0.3) is 28.1 Å². The number of benzene rings is 3. The number of halogens is 1. The first-order valence-electron chi connectivity index (χ1n) is 8.29. The molecule has 0 atom stereocenters. The Labute approximate surface area is 151 Å². The fourth-order valence-electron chi connectivity index (χ4n) is 2.95. The molecule has 0 aliphatic carbocycles. The lowest BCUT2D eigenvalue weighted by Gasteiger charge is -2.10. The summed E-state index contributed by atoms with van der Waals surface area (Å²) in [5.41, 5.74) is 5.03. The van der Waals surface area contributed by atoms with Gasteiger partial charge in [-0.25, -0.2) is 9.07 Å². The molecule has 0 amide bonds. The molecule has 3 aromatic carbocycles. The van der Waals surface area contributed by atoms with Crippen molar-refractivity contribution < 1.29 is 9.13 Å². The van der Waals surface area contributed by atoms with Gasteiger partial charge < -0.3 is 4.74 Å². The van der Waals surface area contributed by atoms with Gasteiger partial charge in [0.2, 0.25) is 0 Å². The zero-order valence-corrected chi connectivity index (χ0v) is 14.3. The summed E-state index contributed by atoms with van der Waals surface area (Å²) >= 11 is 0. The van der Waals surface area contributed by atoms with Crippen LogP contribution in [0.15, 0.2) is 85.1 Å². The van der Waals surface area contributed by atoms with Crippen LogP contribution < -0.4 is 4.74 Å². The van der Waals surface area contributed by atoms with Gasteiger partial charge in [-0.2, -0.15) is 5.10 Å². The Balaban J connectivity index is 1.73. The lowest BCUT2D eigenvalue weighted by atomic mass is 10.0. The number of nitrogens with zero attached hydrogens (tertiary/aromatic N) is 2. The van der Waals surface area contributed by atoms with Gasteiger partial charge in [0.25, 0.3) is 0 Å². The molecule has 0 saturated heterocycles. The van der Waals surface area contributed by atoms with E-state index < -0.39 is 0 Å². The molecule has 0 bridgehead atoms. The van der Waals surface area contributed by atoms with Crippen LogP contribution in [0.2, 0.25) is 0 Å². The van der Waals surface area contributed by atoms with Crippen LogP contribution in [-0.4, -0.2) is 16.9 Å². The molecule has 3 nitrogen and oxygen atoms in total. The molecule has 1 aromatic heterocycles. The second kappa shape index (κ2) is 6.84. The average molecular weight is 344 g/mol. The SMILES string of the molecule is COc1ccc(-c2cccc(-c3ccnn3-c3ccc(F)cc3)c2)cc1. The first-order valence-corrected chi connectivity index (χ1v) is 8.29. The van der Waals surface area contributed by atoms with Crippen LogP contribution in [0.3, 0.4) is 0 Å². The quantitative estimate of drug-likeness (QED) is 0.499. The van der Waals surface area contributed by atoms with Crippen LogP contribution in [0, 0.1) is 5.82 Å². The third kappa shape index (κ3) is 3.09. The zero-order chi connectivity index (χ0) is 17.9. The van der Waals surface area contributed by atoms with Gasteiger partial charge in [-0.15, -0.1) is 0 Å². The first kappa shape index (κ1) is 16.1. The molecule has 0 saturated carbocycles. The molecule has 0 fully saturated rings. The van der Waals surface area contributed by atoms with Crippen molar-refractivity contribution in [3.05, 3.63) is 90.9 Å². The average Bonchev–Trinajstić information content (AvgIpc) is 3.19. The molecule has 0 spiro atoms. The molecule has 0 aliphatic heterocycles. The van der Waals surface area contributed by atoms with Gasteiger partial charge in [0.05, 0.1) is 24.7 Å². The van der Waals surface area contributed by atoms with Gasteiger partial charge in [0.15, 0.2) is 0 Å². The van der Waals surface area contributed by atoms with Crippen molar-refractivity contribution in [2.75, 3.05) is 7.11 Å².